The zero-order valence-corrected chi connectivity index (χ0v) is 18.6. The fourth-order valence-corrected chi connectivity index (χ4v) is 4.76. The minimum atomic E-state index is -0.455. The quantitative estimate of drug-likeness (QED) is 0.645. The van der Waals surface area contributed by atoms with Crippen molar-refractivity contribution in [3.05, 3.63) is 66.6 Å². The summed E-state index contributed by atoms with van der Waals surface area (Å²) in [4.78, 5) is 40.5. The minimum absolute atomic E-state index is 0.0266. The number of aromatic nitrogens is 2. The number of nitrogens with zero attached hydrogens (tertiary/aromatic N) is 5. The van der Waals surface area contributed by atoms with Gasteiger partial charge in [-0.25, -0.2) is 4.98 Å². The third kappa shape index (κ3) is 4.66. The van der Waals surface area contributed by atoms with E-state index < -0.39 is 6.04 Å². The first-order chi connectivity index (χ1) is 16.2. The predicted molar refractivity (Wildman–Crippen MR) is 127 cm³/mol. The Balaban J connectivity index is 1.25. The summed E-state index contributed by atoms with van der Waals surface area (Å²) in [6.07, 6.45) is 5.28. The average molecular weight is 445 g/mol. The molecular formula is C25H28N6O2. The molecule has 2 saturated heterocycles. The molecule has 0 aliphatic carbocycles. The molecule has 2 aliphatic heterocycles. The molecule has 170 valence electrons. The molecule has 0 radical (unpaired) electrons. The average Bonchev–Trinajstić information content (AvgIpc) is 2.87. The molecule has 2 aliphatic rings. The third-order valence-electron chi connectivity index (χ3n) is 6.57. The maximum atomic E-state index is 13.1. The number of hydrogen-bond donors (Lipinski definition) is 1. The van der Waals surface area contributed by atoms with Gasteiger partial charge in [0.15, 0.2) is 0 Å². The molecule has 1 atom stereocenters. The lowest BCUT2D eigenvalue weighted by Crippen LogP contribution is -2.57. The maximum absolute atomic E-state index is 13.1. The van der Waals surface area contributed by atoms with Gasteiger partial charge >= 0.3 is 0 Å². The molecule has 1 N–H and O–H groups in total. The zero-order chi connectivity index (χ0) is 22.6. The van der Waals surface area contributed by atoms with Crippen molar-refractivity contribution in [1.82, 2.24) is 25.1 Å². The molecule has 5 rings (SSSR count). The number of rotatable bonds is 5. The fraction of sp³-hybridized carbons (Fsp3) is 0.360. The molecule has 3 aromatic rings. The van der Waals surface area contributed by atoms with Gasteiger partial charge < -0.3 is 15.1 Å². The summed E-state index contributed by atoms with van der Waals surface area (Å²) in [5, 5.41) is 5.32. The van der Waals surface area contributed by atoms with E-state index in [1.54, 1.807) is 18.6 Å². The lowest BCUT2D eigenvalue weighted by molar-refractivity contribution is -0.139. The maximum Gasteiger partial charge on any atom is 0.237 e. The number of piperazine rings is 2. The molecule has 8 heteroatoms. The van der Waals surface area contributed by atoms with Crippen molar-refractivity contribution in [3.8, 4) is 0 Å². The molecule has 33 heavy (non-hydrogen) atoms. The van der Waals surface area contributed by atoms with Crippen LogP contribution in [0.15, 0.2) is 61.1 Å². The Morgan fingerprint density at radius 2 is 1.82 bits per heavy atom. The summed E-state index contributed by atoms with van der Waals surface area (Å²) < 4.78 is 0. The summed E-state index contributed by atoms with van der Waals surface area (Å²) in [7, 11) is 0. The number of amides is 2. The summed E-state index contributed by atoms with van der Waals surface area (Å²) >= 11 is 0. The van der Waals surface area contributed by atoms with E-state index in [1.165, 1.54) is 16.3 Å². The van der Waals surface area contributed by atoms with Gasteiger partial charge in [-0.05, 0) is 16.3 Å². The number of carbonyl (C=O) groups is 2. The van der Waals surface area contributed by atoms with Gasteiger partial charge in [-0.3, -0.25) is 19.5 Å². The van der Waals surface area contributed by atoms with E-state index in [-0.39, 0.29) is 18.2 Å². The Bertz CT molecular complexity index is 1120. The Morgan fingerprint density at radius 3 is 2.64 bits per heavy atom. The smallest absolute Gasteiger partial charge is 0.237 e. The van der Waals surface area contributed by atoms with Gasteiger partial charge in [-0.15, -0.1) is 0 Å². The first-order valence-electron chi connectivity index (χ1n) is 11.5. The normalized spacial score (nSPS) is 19.5. The van der Waals surface area contributed by atoms with E-state index in [1.807, 2.05) is 17.0 Å². The lowest BCUT2D eigenvalue weighted by atomic mass is 10.0. The minimum Gasteiger partial charge on any atom is -0.353 e. The van der Waals surface area contributed by atoms with Gasteiger partial charge in [-0.1, -0.05) is 42.5 Å². The van der Waals surface area contributed by atoms with Crippen molar-refractivity contribution in [2.24, 2.45) is 0 Å². The number of carbonyl (C=O) groups excluding carboxylic acids is 2. The third-order valence-corrected chi connectivity index (χ3v) is 6.57. The van der Waals surface area contributed by atoms with Gasteiger partial charge in [0.05, 0.1) is 18.7 Å². The largest absolute Gasteiger partial charge is 0.353 e. The van der Waals surface area contributed by atoms with Crippen molar-refractivity contribution in [2.75, 3.05) is 44.2 Å². The second kappa shape index (κ2) is 9.54. The van der Waals surface area contributed by atoms with Crippen LogP contribution in [-0.2, 0) is 16.1 Å². The van der Waals surface area contributed by atoms with Crippen LogP contribution in [0.25, 0.3) is 10.8 Å². The van der Waals surface area contributed by atoms with Crippen molar-refractivity contribution in [1.29, 1.82) is 0 Å². The second-order valence-corrected chi connectivity index (χ2v) is 8.55. The highest BCUT2D eigenvalue weighted by Crippen LogP contribution is 2.23. The first-order valence-corrected chi connectivity index (χ1v) is 11.5. The van der Waals surface area contributed by atoms with Crippen LogP contribution in [0.4, 0.5) is 5.82 Å². The van der Waals surface area contributed by atoms with Crippen LogP contribution in [0.5, 0.6) is 0 Å². The van der Waals surface area contributed by atoms with Crippen molar-refractivity contribution in [2.45, 2.75) is 19.0 Å². The monoisotopic (exact) mass is 444 g/mol. The van der Waals surface area contributed by atoms with E-state index in [4.69, 9.17) is 0 Å². The highest BCUT2D eigenvalue weighted by molar-refractivity contribution is 5.89. The van der Waals surface area contributed by atoms with E-state index >= 15 is 0 Å². The number of nitrogens with one attached hydrogen (secondary N) is 1. The summed E-state index contributed by atoms with van der Waals surface area (Å²) in [5.74, 6) is 0.796. The summed E-state index contributed by atoms with van der Waals surface area (Å²) in [6, 6.07) is 14.1. The second-order valence-electron chi connectivity index (χ2n) is 8.55. The Labute approximate surface area is 193 Å². The van der Waals surface area contributed by atoms with E-state index in [9.17, 15) is 9.59 Å². The first kappa shape index (κ1) is 21.3. The molecule has 8 nitrogen and oxygen atoms in total. The van der Waals surface area contributed by atoms with Crippen molar-refractivity contribution in [3.63, 3.8) is 0 Å². The molecule has 0 bridgehead atoms. The molecule has 0 spiro atoms. The molecule has 0 saturated carbocycles. The number of fused-ring (bicyclic) bond motifs is 1. The van der Waals surface area contributed by atoms with E-state index in [2.05, 4.69) is 55.4 Å². The van der Waals surface area contributed by atoms with Gasteiger partial charge in [0.2, 0.25) is 11.8 Å². The molecule has 2 amide bonds. The fourth-order valence-electron chi connectivity index (χ4n) is 4.76. The summed E-state index contributed by atoms with van der Waals surface area (Å²) in [6.45, 7) is 4.63. The van der Waals surface area contributed by atoms with E-state index in [0.717, 1.165) is 12.4 Å². The Kier molecular flexibility index (Phi) is 6.17. The van der Waals surface area contributed by atoms with Crippen molar-refractivity contribution < 1.29 is 9.59 Å². The highest BCUT2D eigenvalue weighted by atomic mass is 16.2. The van der Waals surface area contributed by atoms with Gasteiger partial charge in [0, 0.05) is 58.2 Å². The molecule has 2 fully saturated rings. The Hall–Kier alpha value is -3.52. The molecule has 2 aromatic carbocycles. The van der Waals surface area contributed by atoms with Crippen LogP contribution in [0, 0.1) is 0 Å². The predicted octanol–water partition coefficient (Wildman–Crippen LogP) is 1.67. The van der Waals surface area contributed by atoms with Crippen LogP contribution in [0.1, 0.15) is 12.0 Å². The number of benzene rings is 2. The SMILES string of the molecule is O=C1NCCN(Cc2cccc3ccccc23)C1CC(=O)N1CCN(c2cnccn2)CC1. The van der Waals surface area contributed by atoms with Gasteiger partial charge in [-0.2, -0.15) is 0 Å². The van der Waals surface area contributed by atoms with E-state index in [0.29, 0.717) is 39.3 Å². The van der Waals surface area contributed by atoms with Crippen molar-refractivity contribution >= 4 is 28.4 Å². The van der Waals surface area contributed by atoms with Crippen LogP contribution < -0.4 is 10.2 Å². The van der Waals surface area contributed by atoms with Crippen LogP contribution >= 0.6 is 0 Å². The van der Waals surface area contributed by atoms with Gasteiger partial charge in [0.1, 0.15) is 5.82 Å². The van der Waals surface area contributed by atoms with Crippen LogP contribution in [0.2, 0.25) is 0 Å². The highest BCUT2D eigenvalue weighted by Gasteiger charge is 2.34. The number of hydrogen-bond acceptors (Lipinski definition) is 6. The Morgan fingerprint density at radius 1 is 1.00 bits per heavy atom. The van der Waals surface area contributed by atoms with Crippen LogP contribution in [-0.4, -0.2) is 76.9 Å². The van der Waals surface area contributed by atoms with Gasteiger partial charge in [0.25, 0.3) is 0 Å². The summed E-state index contributed by atoms with van der Waals surface area (Å²) in [5.41, 5.74) is 1.18. The molecular weight excluding hydrogens is 416 g/mol. The molecule has 3 heterocycles. The standard InChI is InChI=1S/C25H28N6O2/c32-24(30-14-12-29(13-15-30)23-17-26-8-9-27-23)16-22-25(33)28-10-11-31(22)18-20-6-3-5-19-4-1-2-7-21(19)20/h1-9,17,22H,10-16,18H2,(H,28,33). The zero-order valence-electron chi connectivity index (χ0n) is 18.6. The number of anilines is 1. The lowest BCUT2D eigenvalue weighted by Gasteiger charge is -2.38. The molecule has 1 unspecified atom stereocenters. The van der Waals surface area contributed by atoms with Crippen LogP contribution in [0.3, 0.4) is 0 Å². The molecule has 1 aromatic heterocycles. The topological polar surface area (TPSA) is 81.7 Å².